The van der Waals surface area contributed by atoms with Crippen molar-refractivity contribution >= 4 is 5.78 Å². The number of hydrogen-bond acceptors (Lipinski definition) is 5. The van der Waals surface area contributed by atoms with Crippen LogP contribution in [0, 0.1) is 5.92 Å². The number of carbonyl (C=O) groups is 1. The minimum atomic E-state index is -0.0723. The van der Waals surface area contributed by atoms with Crippen LogP contribution in [0.2, 0.25) is 0 Å². The minimum absolute atomic E-state index is 0.0723. The monoisotopic (exact) mass is 296 g/mol. The van der Waals surface area contributed by atoms with Gasteiger partial charge in [-0.3, -0.25) is 9.69 Å². The molecule has 0 amide bonds. The van der Waals surface area contributed by atoms with Crippen LogP contribution >= 0.6 is 0 Å². The number of hydrogen-bond donors (Lipinski definition) is 1. The molecule has 0 radical (unpaired) electrons. The Balaban J connectivity index is 1.53. The van der Waals surface area contributed by atoms with Crippen molar-refractivity contribution in [2.45, 2.75) is 37.7 Å². The molecule has 3 rings (SSSR count). The molecule has 5 heteroatoms. The van der Waals surface area contributed by atoms with Gasteiger partial charge in [-0.25, -0.2) is 0 Å². The Morgan fingerprint density at radius 3 is 2.90 bits per heavy atom. The molecule has 5 nitrogen and oxygen atoms in total. The van der Waals surface area contributed by atoms with Gasteiger partial charge in [-0.2, -0.15) is 0 Å². The van der Waals surface area contributed by atoms with E-state index in [-0.39, 0.29) is 11.5 Å². The number of rotatable bonds is 3. The minimum Gasteiger partial charge on any atom is -0.381 e. The van der Waals surface area contributed by atoms with E-state index in [9.17, 15) is 4.79 Å². The van der Waals surface area contributed by atoms with Crippen molar-refractivity contribution in [1.29, 1.82) is 0 Å². The average Bonchev–Trinajstić information content (AvgIpc) is 2.77. The summed E-state index contributed by atoms with van der Waals surface area (Å²) < 4.78 is 11.5. The average molecular weight is 296 g/mol. The van der Waals surface area contributed by atoms with Gasteiger partial charge in [0.2, 0.25) is 0 Å². The molecule has 120 valence electrons. The normalized spacial score (nSPS) is 31.0. The van der Waals surface area contributed by atoms with Crippen molar-refractivity contribution in [3.63, 3.8) is 0 Å². The highest BCUT2D eigenvalue weighted by molar-refractivity contribution is 5.83. The molecule has 0 aliphatic carbocycles. The number of ketones is 1. The maximum absolute atomic E-state index is 12.7. The highest BCUT2D eigenvalue weighted by Gasteiger charge is 2.41. The summed E-state index contributed by atoms with van der Waals surface area (Å²) in [6.07, 6.45) is 4.84. The molecule has 0 aromatic carbocycles. The summed E-state index contributed by atoms with van der Waals surface area (Å²) in [7, 11) is 0. The first kappa shape index (κ1) is 15.4. The lowest BCUT2D eigenvalue weighted by Crippen LogP contribution is -2.47. The van der Waals surface area contributed by atoms with Gasteiger partial charge in [0.05, 0.1) is 12.1 Å². The first-order valence-corrected chi connectivity index (χ1v) is 8.45. The largest absolute Gasteiger partial charge is 0.381 e. The summed E-state index contributed by atoms with van der Waals surface area (Å²) in [5.74, 6) is 0.610. The molecule has 0 aromatic rings. The summed E-state index contributed by atoms with van der Waals surface area (Å²) in [5.41, 5.74) is -0.0723. The van der Waals surface area contributed by atoms with E-state index in [0.717, 1.165) is 78.1 Å². The number of carbonyl (C=O) groups excluding carboxylic acids is 1. The molecule has 1 N–H and O–H groups in total. The maximum Gasteiger partial charge on any atom is 0.150 e. The highest BCUT2D eigenvalue weighted by Crippen LogP contribution is 2.37. The van der Waals surface area contributed by atoms with E-state index in [4.69, 9.17) is 9.47 Å². The van der Waals surface area contributed by atoms with E-state index in [0.29, 0.717) is 12.3 Å². The molecule has 3 saturated heterocycles. The van der Waals surface area contributed by atoms with Gasteiger partial charge in [-0.1, -0.05) is 0 Å². The zero-order chi connectivity index (χ0) is 14.5. The van der Waals surface area contributed by atoms with Gasteiger partial charge >= 0.3 is 0 Å². The molecule has 1 unspecified atom stereocenters. The second-order valence-electron chi connectivity index (χ2n) is 6.68. The zero-order valence-electron chi connectivity index (χ0n) is 12.9. The number of ether oxygens (including phenoxy) is 2. The quantitative estimate of drug-likeness (QED) is 0.836. The van der Waals surface area contributed by atoms with Crippen LogP contribution < -0.4 is 5.32 Å². The second kappa shape index (κ2) is 7.18. The third-order valence-corrected chi connectivity index (χ3v) is 5.16. The third-order valence-electron chi connectivity index (χ3n) is 5.16. The molecule has 3 fully saturated rings. The summed E-state index contributed by atoms with van der Waals surface area (Å²) in [6, 6.07) is 0. The van der Waals surface area contributed by atoms with Crippen LogP contribution in [0.25, 0.3) is 0 Å². The Labute approximate surface area is 127 Å². The summed E-state index contributed by atoms with van der Waals surface area (Å²) in [4.78, 5) is 15.0. The molecule has 3 aliphatic heterocycles. The lowest BCUT2D eigenvalue weighted by Gasteiger charge is -2.43. The van der Waals surface area contributed by atoms with E-state index in [1.807, 2.05) is 0 Å². The van der Waals surface area contributed by atoms with Gasteiger partial charge in [0.1, 0.15) is 5.78 Å². The molecular formula is C16H28N2O3. The van der Waals surface area contributed by atoms with Gasteiger partial charge in [0.15, 0.2) is 0 Å². The fraction of sp³-hybridized carbons (Fsp3) is 0.938. The zero-order valence-corrected chi connectivity index (χ0v) is 12.9. The fourth-order valence-corrected chi connectivity index (χ4v) is 3.80. The van der Waals surface area contributed by atoms with Crippen LogP contribution in [-0.2, 0) is 14.3 Å². The van der Waals surface area contributed by atoms with Crippen molar-refractivity contribution in [3.8, 4) is 0 Å². The van der Waals surface area contributed by atoms with E-state index in [1.165, 1.54) is 0 Å². The molecule has 0 bridgehead atoms. The van der Waals surface area contributed by atoms with Crippen molar-refractivity contribution < 1.29 is 14.3 Å². The van der Waals surface area contributed by atoms with Gasteiger partial charge in [-0.05, 0) is 45.2 Å². The van der Waals surface area contributed by atoms with Crippen LogP contribution in [-0.4, -0.2) is 68.8 Å². The Morgan fingerprint density at radius 2 is 2.05 bits per heavy atom. The first-order chi connectivity index (χ1) is 10.3. The van der Waals surface area contributed by atoms with E-state index >= 15 is 0 Å². The topological polar surface area (TPSA) is 50.8 Å². The fourth-order valence-electron chi connectivity index (χ4n) is 3.80. The maximum atomic E-state index is 12.7. The van der Waals surface area contributed by atoms with Gasteiger partial charge < -0.3 is 14.8 Å². The van der Waals surface area contributed by atoms with E-state index in [2.05, 4.69) is 10.2 Å². The van der Waals surface area contributed by atoms with Crippen molar-refractivity contribution in [3.05, 3.63) is 0 Å². The van der Waals surface area contributed by atoms with E-state index < -0.39 is 0 Å². The van der Waals surface area contributed by atoms with Gasteiger partial charge in [0, 0.05) is 38.8 Å². The van der Waals surface area contributed by atoms with Crippen LogP contribution in [0.1, 0.15) is 32.1 Å². The number of Topliss-reactive ketones (excluding diaryl/α,β-unsaturated/α-hetero) is 1. The van der Waals surface area contributed by atoms with Gasteiger partial charge in [-0.15, -0.1) is 0 Å². The van der Waals surface area contributed by atoms with E-state index in [1.54, 1.807) is 0 Å². The van der Waals surface area contributed by atoms with Crippen LogP contribution in [0.15, 0.2) is 0 Å². The number of nitrogens with zero attached hydrogens (tertiary/aromatic N) is 1. The second-order valence-corrected chi connectivity index (χ2v) is 6.68. The van der Waals surface area contributed by atoms with Crippen molar-refractivity contribution in [1.82, 2.24) is 10.2 Å². The molecule has 0 saturated carbocycles. The molecule has 1 atom stereocenters. The van der Waals surface area contributed by atoms with Gasteiger partial charge in [0.25, 0.3) is 0 Å². The summed E-state index contributed by atoms with van der Waals surface area (Å²) in [5, 5.41) is 3.39. The predicted molar refractivity (Wildman–Crippen MR) is 80.4 cm³/mol. The molecule has 21 heavy (non-hydrogen) atoms. The number of nitrogens with one attached hydrogen (secondary N) is 1. The lowest BCUT2D eigenvalue weighted by atomic mass is 9.79. The molecule has 1 spiro atoms. The molecule has 0 aromatic heterocycles. The van der Waals surface area contributed by atoms with Crippen LogP contribution in [0.3, 0.4) is 0 Å². The molecular weight excluding hydrogens is 268 g/mol. The Kier molecular flexibility index (Phi) is 5.27. The first-order valence-electron chi connectivity index (χ1n) is 8.45. The standard InChI is InChI=1S/C16H28N2O3/c19-15(13-18-7-1-5-17-6-8-18)14-2-9-21-16(12-14)3-10-20-11-4-16/h14,17H,1-13H2. The Hall–Kier alpha value is -0.490. The third kappa shape index (κ3) is 4.03. The predicted octanol–water partition coefficient (Wildman–Crippen LogP) is 0.827. The van der Waals surface area contributed by atoms with Crippen LogP contribution in [0.4, 0.5) is 0 Å². The lowest BCUT2D eigenvalue weighted by molar-refractivity contribution is -0.157. The Bertz CT molecular complexity index is 342. The molecule has 3 aliphatic rings. The molecule has 3 heterocycles. The summed E-state index contributed by atoms with van der Waals surface area (Å²) in [6.45, 7) is 7.02. The highest BCUT2D eigenvalue weighted by atomic mass is 16.5. The van der Waals surface area contributed by atoms with Crippen molar-refractivity contribution in [2.24, 2.45) is 5.92 Å². The smallest absolute Gasteiger partial charge is 0.150 e. The summed E-state index contributed by atoms with van der Waals surface area (Å²) >= 11 is 0. The van der Waals surface area contributed by atoms with Crippen molar-refractivity contribution in [2.75, 3.05) is 52.5 Å². The SMILES string of the molecule is O=C(CN1CCCNCC1)C1CCOC2(CCOCC2)C1. The van der Waals surface area contributed by atoms with Crippen LogP contribution in [0.5, 0.6) is 0 Å². The Morgan fingerprint density at radius 1 is 1.19 bits per heavy atom.